The number of anilines is 1. The molecular formula is C13H12ClN3O3S. The van der Waals surface area contributed by atoms with Gasteiger partial charge in [0.1, 0.15) is 5.75 Å². The van der Waals surface area contributed by atoms with Crippen molar-refractivity contribution in [1.82, 2.24) is 9.97 Å². The Bertz CT molecular complexity index is 705. The molecule has 0 atom stereocenters. The normalized spacial score (nSPS) is 10.2. The van der Waals surface area contributed by atoms with Gasteiger partial charge in [-0.15, -0.1) is 0 Å². The quantitative estimate of drug-likeness (QED) is 0.650. The van der Waals surface area contributed by atoms with E-state index in [4.69, 9.17) is 16.3 Å². The molecule has 1 aromatic carbocycles. The van der Waals surface area contributed by atoms with Crippen LogP contribution in [0, 0.1) is 0 Å². The van der Waals surface area contributed by atoms with E-state index in [1.165, 1.54) is 19.4 Å². The Labute approximate surface area is 129 Å². The zero-order chi connectivity index (χ0) is 15.2. The molecule has 1 aromatic heterocycles. The van der Waals surface area contributed by atoms with E-state index < -0.39 is 0 Å². The van der Waals surface area contributed by atoms with E-state index >= 15 is 0 Å². The van der Waals surface area contributed by atoms with Crippen molar-refractivity contribution in [1.29, 1.82) is 0 Å². The molecule has 0 saturated carbocycles. The predicted molar refractivity (Wildman–Crippen MR) is 82.2 cm³/mol. The number of amides is 1. The van der Waals surface area contributed by atoms with E-state index in [9.17, 15) is 9.59 Å². The molecule has 0 bridgehead atoms. The van der Waals surface area contributed by atoms with Crippen molar-refractivity contribution in [3.63, 3.8) is 0 Å². The van der Waals surface area contributed by atoms with Gasteiger partial charge in [-0.1, -0.05) is 23.4 Å². The molecule has 110 valence electrons. The maximum Gasteiger partial charge on any atom is 0.251 e. The highest BCUT2D eigenvalue weighted by molar-refractivity contribution is 7.99. The highest BCUT2D eigenvalue weighted by atomic mass is 35.5. The maximum absolute atomic E-state index is 11.9. The number of aromatic amines is 1. The van der Waals surface area contributed by atoms with Crippen LogP contribution < -0.4 is 15.6 Å². The number of rotatable bonds is 5. The first-order chi connectivity index (χ1) is 10.1. The molecule has 0 unspecified atom stereocenters. The molecule has 2 aromatic rings. The van der Waals surface area contributed by atoms with E-state index in [1.807, 2.05) is 0 Å². The van der Waals surface area contributed by atoms with Gasteiger partial charge in [0.05, 0.1) is 18.6 Å². The Kier molecular flexibility index (Phi) is 5.24. The minimum absolute atomic E-state index is 0.0998. The number of carbonyl (C=O) groups is 1. The van der Waals surface area contributed by atoms with Gasteiger partial charge in [0, 0.05) is 17.3 Å². The second-order valence-corrected chi connectivity index (χ2v) is 5.32. The molecule has 21 heavy (non-hydrogen) atoms. The maximum atomic E-state index is 11.9. The van der Waals surface area contributed by atoms with Gasteiger partial charge in [-0.25, -0.2) is 4.98 Å². The second kappa shape index (κ2) is 7.14. The fraction of sp³-hybridized carbons (Fsp3) is 0.154. The molecule has 0 aliphatic carbocycles. The molecule has 0 spiro atoms. The van der Waals surface area contributed by atoms with Crippen molar-refractivity contribution in [2.75, 3.05) is 18.2 Å². The summed E-state index contributed by atoms with van der Waals surface area (Å²) in [6.07, 6.45) is 1.39. The smallest absolute Gasteiger partial charge is 0.251 e. The Morgan fingerprint density at radius 2 is 2.29 bits per heavy atom. The lowest BCUT2D eigenvalue weighted by molar-refractivity contribution is -0.113. The molecule has 0 aliphatic heterocycles. The van der Waals surface area contributed by atoms with Crippen LogP contribution in [0.25, 0.3) is 0 Å². The molecule has 1 amide bonds. The molecule has 6 nitrogen and oxygen atoms in total. The van der Waals surface area contributed by atoms with E-state index in [0.717, 1.165) is 11.8 Å². The first-order valence-electron chi connectivity index (χ1n) is 5.90. The van der Waals surface area contributed by atoms with E-state index in [2.05, 4.69) is 15.3 Å². The zero-order valence-electron chi connectivity index (χ0n) is 11.1. The molecule has 1 heterocycles. The lowest BCUT2D eigenvalue weighted by atomic mass is 10.3. The Morgan fingerprint density at radius 3 is 3.00 bits per heavy atom. The summed E-state index contributed by atoms with van der Waals surface area (Å²) in [5, 5.41) is 3.58. The largest absolute Gasteiger partial charge is 0.495 e. The highest BCUT2D eigenvalue weighted by Crippen LogP contribution is 2.27. The lowest BCUT2D eigenvalue weighted by Crippen LogP contribution is -2.15. The highest BCUT2D eigenvalue weighted by Gasteiger charge is 2.09. The third kappa shape index (κ3) is 4.51. The van der Waals surface area contributed by atoms with Crippen LogP contribution in [-0.2, 0) is 4.79 Å². The van der Waals surface area contributed by atoms with E-state index in [1.54, 1.807) is 18.2 Å². The fourth-order valence-electron chi connectivity index (χ4n) is 1.52. The zero-order valence-corrected chi connectivity index (χ0v) is 12.6. The summed E-state index contributed by atoms with van der Waals surface area (Å²) in [6, 6.07) is 6.25. The topological polar surface area (TPSA) is 84.1 Å². The summed E-state index contributed by atoms with van der Waals surface area (Å²) in [5.74, 6) is 0.360. The average molecular weight is 326 g/mol. The number of ether oxygens (including phenoxy) is 1. The second-order valence-electron chi connectivity index (χ2n) is 3.92. The SMILES string of the molecule is COc1ccc(Cl)cc1NC(=O)CSc1nccc(=O)[nH]1. The molecule has 2 rings (SSSR count). The molecular weight excluding hydrogens is 314 g/mol. The lowest BCUT2D eigenvalue weighted by Gasteiger charge is -2.10. The van der Waals surface area contributed by atoms with Crippen LogP contribution in [0.5, 0.6) is 5.75 Å². The van der Waals surface area contributed by atoms with Gasteiger partial charge >= 0.3 is 0 Å². The number of nitrogens with zero attached hydrogens (tertiary/aromatic N) is 1. The fourth-order valence-corrected chi connectivity index (χ4v) is 2.34. The number of carbonyl (C=O) groups excluding carboxylic acids is 1. The van der Waals surface area contributed by atoms with Crippen LogP contribution in [-0.4, -0.2) is 28.7 Å². The van der Waals surface area contributed by atoms with Crippen LogP contribution in [0.1, 0.15) is 0 Å². The molecule has 8 heteroatoms. The van der Waals surface area contributed by atoms with Crippen molar-refractivity contribution in [3.05, 3.63) is 45.8 Å². The summed E-state index contributed by atoms with van der Waals surface area (Å²) < 4.78 is 5.14. The summed E-state index contributed by atoms with van der Waals surface area (Å²) in [5.41, 5.74) is 0.231. The number of halogens is 1. The van der Waals surface area contributed by atoms with Crippen LogP contribution in [0.15, 0.2) is 40.4 Å². The van der Waals surface area contributed by atoms with Gasteiger partial charge in [-0.2, -0.15) is 0 Å². The molecule has 0 aliphatic rings. The van der Waals surface area contributed by atoms with Gasteiger partial charge in [-0.05, 0) is 18.2 Å². The average Bonchev–Trinajstić information content (AvgIpc) is 2.45. The van der Waals surface area contributed by atoms with Gasteiger partial charge < -0.3 is 15.0 Å². The Morgan fingerprint density at radius 1 is 1.48 bits per heavy atom. The minimum Gasteiger partial charge on any atom is -0.495 e. The summed E-state index contributed by atoms with van der Waals surface area (Å²) in [6.45, 7) is 0. The third-order valence-corrected chi connectivity index (χ3v) is 3.55. The summed E-state index contributed by atoms with van der Waals surface area (Å²) >= 11 is 7.01. The Hall–Kier alpha value is -1.99. The number of methoxy groups -OCH3 is 1. The number of thioether (sulfide) groups is 1. The molecule has 0 saturated heterocycles. The van der Waals surface area contributed by atoms with Crippen LogP contribution in [0.3, 0.4) is 0 Å². The predicted octanol–water partition coefficient (Wildman–Crippen LogP) is 2.16. The number of benzene rings is 1. The summed E-state index contributed by atoms with van der Waals surface area (Å²) in [4.78, 5) is 29.5. The van der Waals surface area contributed by atoms with Crippen LogP contribution in [0.4, 0.5) is 5.69 Å². The first-order valence-corrected chi connectivity index (χ1v) is 7.26. The number of nitrogens with one attached hydrogen (secondary N) is 2. The molecule has 0 radical (unpaired) electrons. The standard InChI is InChI=1S/C13H12ClN3O3S/c1-20-10-3-2-8(14)6-9(10)16-12(19)7-21-13-15-5-4-11(18)17-13/h2-6H,7H2,1H3,(H,16,19)(H,15,17,18). The number of hydrogen-bond acceptors (Lipinski definition) is 5. The van der Waals surface area contributed by atoms with Gasteiger partial charge in [0.2, 0.25) is 5.91 Å². The van der Waals surface area contributed by atoms with Crippen molar-refractivity contribution in [2.45, 2.75) is 5.16 Å². The van der Waals surface area contributed by atoms with Gasteiger partial charge in [0.15, 0.2) is 5.16 Å². The van der Waals surface area contributed by atoms with Crippen molar-refractivity contribution in [3.8, 4) is 5.75 Å². The molecule has 2 N–H and O–H groups in total. The van der Waals surface area contributed by atoms with Gasteiger partial charge in [-0.3, -0.25) is 9.59 Å². The van der Waals surface area contributed by atoms with Crippen LogP contribution in [0.2, 0.25) is 5.02 Å². The number of aromatic nitrogens is 2. The van der Waals surface area contributed by atoms with Crippen LogP contribution >= 0.6 is 23.4 Å². The number of hydrogen-bond donors (Lipinski definition) is 2. The molecule has 0 fully saturated rings. The van der Waals surface area contributed by atoms with Crippen molar-refractivity contribution >= 4 is 35.0 Å². The van der Waals surface area contributed by atoms with Crippen molar-refractivity contribution in [2.24, 2.45) is 0 Å². The first kappa shape index (κ1) is 15.4. The Balaban J connectivity index is 1.99. The minimum atomic E-state index is -0.260. The van der Waals surface area contributed by atoms with Gasteiger partial charge in [0.25, 0.3) is 5.56 Å². The van der Waals surface area contributed by atoms with E-state index in [0.29, 0.717) is 21.6 Å². The third-order valence-electron chi connectivity index (χ3n) is 2.42. The summed E-state index contributed by atoms with van der Waals surface area (Å²) in [7, 11) is 1.51. The monoisotopic (exact) mass is 325 g/mol. The number of H-pyrrole nitrogens is 1. The van der Waals surface area contributed by atoms with Crippen molar-refractivity contribution < 1.29 is 9.53 Å². The van der Waals surface area contributed by atoms with E-state index in [-0.39, 0.29) is 17.2 Å².